The largest absolute Gasteiger partial charge is 0.340 e. The van der Waals surface area contributed by atoms with Crippen LogP contribution in [0.2, 0.25) is 0 Å². The zero-order valence-electron chi connectivity index (χ0n) is 10.4. The summed E-state index contributed by atoms with van der Waals surface area (Å²) in [5.41, 5.74) is 0.867. The number of hydrogen-bond donors (Lipinski definition) is 1. The van der Waals surface area contributed by atoms with E-state index in [0.29, 0.717) is 6.54 Å². The van der Waals surface area contributed by atoms with Crippen molar-refractivity contribution < 1.29 is 4.79 Å². The average Bonchev–Trinajstić information content (AvgIpc) is 2.66. The van der Waals surface area contributed by atoms with E-state index < -0.39 is 0 Å². The van der Waals surface area contributed by atoms with Crippen molar-refractivity contribution in [1.29, 1.82) is 0 Å². The first-order chi connectivity index (χ1) is 7.60. The zero-order chi connectivity index (χ0) is 12.1. The molecular weight excluding hydrogens is 240 g/mol. The number of hydrogen-bond acceptors (Lipinski definition) is 3. The number of aromatic nitrogens is 2. The van der Waals surface area contributed by atoms with Crippen LogP contribution in [0.15, 0.2) is 25.0 Å². The summed E-state index contributed by atoms with van der Waals surface area (Å²) in [6, 6.07) is -0.348. The summed E-state index contributed by atoms with van der Waals surface area (Å²) in [4.78, 5) is 13.7. The molecule has 1 rings (SSSR count). The summed E-state index contributed by atoms with van der Waals surface area (Å²) in [6.07, 6.45) is 5.23. The molecule has 96 valence electrons. The normalized spacial score (nSPS) is 11.5. The predicted octanol–water partition coefficient (Wildman–Crippen LogP) is 0.747. The van der Waals surface area contributed by atoms with E-state index in [-0.39, 0.29) is 24.4 Å². The molecule has 0 fully saturated rings. The molecule has 0 aliphatic carbocycles. The molecule has 5 nitrogen and oxygen atoms in total. The van der Waals surface area contributed by atoms with Crippen molar-refractivity contribution >= 4 is 18.3 Å². The van der Waals surface area contributed by atoms with Crippen molar-refractivity contribution in [3.8, 4) is 0 Å². The number of nitrogens with zero attached hydrogens (tertiary/aromatic N) is 3. The van der Waals surface area contributed by atoms with Crippen LogP contribution in [-0.4, -0.2) is 41.2 Å². The van der Waals surface area contributed by atoms with Crippen LogP contribution in [0.1, 0.15) is 11.6 Å². The minimum atomic E-state index is -0.348. The van der Waals surface area contributed by atoms with Gasteiger partial charge in [-0.3, -0.25) is 9.48 Å². The molecular formula is C11H19ClN4O. The van der Waals surface area contributed by atoms with Gasteiger partial charge in [0.15, 0.2) is 0 Å². The maximum absolute atomic E-state index is 12.1. The van der Waals surface area contributed by atoms with Crippen molar-refractivity contribution in [3.63, 3.8) is 0 Å². The second-order valence-corrected chi connectivity index (χ2v) is 3.68. The summed E-state index contributed by atoms with van der Waals surface area (Å²) in [6.45, 7) is 4.15. The van der Waals surface area contributed by atoms with Gasteiger partial charge in [0.05, 0.1) is 6.20 Å². The fourth-order valence-corrected chi connectivity index (χ4v) is 1.53. The van der Waals surface area contributed by atoms with Gasteiger partial charge in [0.2, 0.25) is 5.91 Å². The van der Waals surface area contributed by atoms with Gasteiger partial charge in [0.1, 0.15) is 6.04 Å². The first kappa shape index (κ1) is 15.7. The van der Waals surface area contributed by atoms with Crippen molar-refractivity contribution in [2.75, 3.05) is 20.6 Å². The standard InChI is InChI=1S/C11H18N4O.ClH/c1-5-6-14(3)11(16)10(12-2)9-7-13-15(4)8-9;/h5,7-8,10,12H,1,6H2,2-4H3;1H. The third-order valence-corrected chi connectivity index (χ3v) is 2.37. The van der Waals surface area contributed by atoms with Gasteiger partial charge in [0, 0.05) is 32.4 Å². The van der Waals surface area contributed by atoms with E-state index in [4.69, 9.17) is 0 Å². The Balaban J connectivity index is 0.00000256. The van der Waals surface area contributed by atoms with Gasteiger partial charge in [-0.2, -0.15) is 5.10 Å². The molecule has 0 aliphatic rings. The molecule has 1 aromatic heterocycles. The molecule has 0 radical (unpaired) electrons. The maximum atomic E-state index is 12.1. The number of aryl methyl sites for hydroxylation is 1. The molecule has 1 unspecified atom stereocenters. The second-order valence-electron chi connectivity index (χ2n) is 3.68. The SMILES string of the molecule is C=CCN(C)C(=O)C(NC)c1cnn(C)c1.Cl. The highest BCUT2D eigenvalue weighted by molar-refractivity contribution is 5.85. The lowest BCUT2D eigenvalue weighted by Gasteiger charge is -2.21. The van der Waals surface area contributed by atoms with E-state index in [1.807, 2.05) is 13.2 Å². The summed E-state index contributed by atoms with van der Waals surface area (Å²) in [7, 11) is 5.34. The molecule has 1 N–H and O–H groups in total. The molecule has 0 saturated heterocycles. The fraction of sp³-hybridized carbons (Fsp3) is 0.455. The molecule has 0 aliphatic heterocycles. The van der Waals surface area contributed by atoms with Crippen LogP contribution in [-0.2, 0) is 11.8 Å². The number of rotatable bonds is 5. The highest BCUT2D eigenvalue weighted by atomic mass is 35.5. The summed E-state index contributed by atoms with van der Waals surface area (Å²) in [5, 5.41) is 7.05. The van der Waals surface area contributed by atoms with Gasteiger partial charge in [-0.05, 0) is 7.05 Å². The van der Waals surface area contributed by atoms with Gasteiger partial charge < -0.3 is 10.2 Å². The number of carbonyl (C=O) groups is 1. The van der Waals surface area contributed by atoms with Crippen LogP contribution < -0.4 is 5.32 Å². The van der Waals surface area contributed by atoms with E-state index in [1.165, 1.54) is 0 Å². The van der Waals surface area contributed by atoms with Gasteiger partial charge in [-0.25, -0.2) is 0 Å². The molecule has 6 heteroatoms. The van der Waals surface area contributed by atoms with E-state index in [0.717, 1.165) is 5.56 Å². The third kappa shape index (κ3) is 3.87. The molecule has 0 spiro atoms. The van der Waals surface area contributed by atoms with E-state index in [9.17, 15) is 4.79 Å². The van der Waals surface area contributed by atoms with Crippen molar-refractivity contribution in [1.82, 2.24) is 20.0 Å². The smallest absolute Gasteiger partial charge is 0.244 e. The topological polar surface area (TPSA) is 50.2 Å². The first-order valence-corrected chi connectivity index (χ1v) is 5.11. The van der Waals surface area contributed by atoms with Crippen LogP contribution in [0.3, 0.4) is 0 Å². The minimum absolute atomic E-state index is 0. The maximum Gasteiger partial charge on any atom is 0.244 e. The highest BCUT2D eigenvalue weighted by Crippen LogP contribution is 2.13. The Hall–Kier alpha value is -1.33. The summed E-state index contributed by atoms with van der Waals surface area (Å²) >= 11 is 0. The Kier molecular flexibility index (Phi) is 6.53. The number of likely N-dealkylation sites (N-methyl/N-ethyl adjacent to an activating group) is 2. The molecule has 0 bridgehead atoms. The fourth-order valence-electron chi connectivity index (χ4n) is 1.53. The highest BCUT2D eigenvalue weighted by Gasteiger charge is 2.22. The Morgan fingerprint density at radius 2 is 2.41 bits per heavy atom. The van der Waals surface area contributed by atoms with Crippen LogP contribution in [0, 0.1) is 0 Å². The molecule has 0 aromatic carbocycles. The lowest BCUT2D eigenvalue weighted by Crippen LogP contribution is -2.37. The van der Waals surface area contributed by atoms with Crippen molar-refractivity contribution in [2.24, 2.45) is 7.05 Å². The van der Waals surface area contributed by atoms with Crippen LogP contribution in [0.5, 0.6) is 0 Å². The van der Waals surface area contributed by atoms with Crippen molar-refractivity contribution in [3.05, 3.63) is 30.6 Å². The predicted molar refractivity (Wildman–Crippen MR) is 70.1 cm³/mol. The number of nitrogens with one attached hydrogen (secondary N) is 1. The summed E-state index contributed by atoms with van der Waals surface area (Å²) in [5.74, 6) is 0.00963. The van der Waals surface area contributed by atoms with Crippen LogP contribution in [0.4, 0.5) is 0 Å². The molecule has 1 amide bonds. The van der Waals surface area contributed by atoms with E-state index >= 15 is 0 Å². The molecule has 17 heavy (non-hydrogen) atoms. The molecule has 1 atom stereocenters. The van der Waals surface area contributed by atoms with E-state index in [2.05, 4.69) is 17.0 Å². The summed E-state index contributed by atoms with van der Waals surface area (Å²) < 4.78 is 1.68. The zero-order valence-corrected chi connectivity index (χ0v) is 11.2. The second kappa shape index (κ2) is 7.09. The van der Waals surface area contributed by atoms with Gasteiger partial charge >= 0.3 is 0 Å². The Morgan fingerprint density at radius 3 is 2.82 bits per heavy atom. The lowest BCUT2D eigenvalue weighted by atomic mass is 10.1. The lowest BCUT2D eigenvalue weighted by molar-refractivity contribution is -0.131. The van der Waals surface area contributed by atoms with Crippen molar-refractivity contribution in [2.45, 2.75) is 6.04 Å². The Labute approximate surface area is 108 Å². The van der Waals surface area contributed by atoms with Crippen LogP contribution >= 0.6 is 12.4 Å². The Bertz CT molecular complexity index is 377. The van der Waals surface area contributed by atoms with Gasteiger partial charge in [-0.15, -0.1) is 19.0 Å². The third-order valence-electron chi connectivity index (χ3n) is 2.37. The molecule has 0 saturated carbocycles. The first-order valence-electron chi connectivity index (χ1n) is 5.11. The molecule has 1 aromatic rings. The van der Waals surface area contributed by atoms with Gasteiger partial charge in [0.25, 0.3) is 0 Å². The van der Waals surface area contributed by atoms with E-state index in [1.54, 1.807) is 35.9 Å². The minimum Gasteiger partial charge on any atom is -0.340 e. The number of amides is 1. The average molecular weight is 259 g/mol. The quantitative estimate of drug-likeness (QED) is 0.793. The monoisotopic (exact) mass is 258 g/mol. The number of carbonyl (C=O) groups excluding carboxylic acids is 1. The van der Waals surface area contributed by atoms with Gasteiger partial charge in [-0.1, -0.05) is 6.08 Å². The Morgan fingerprint density at radius 1 is 1.76 bits per heavy atom. The van der Waals surface area contributed by atoms with Crippen LogP contribution in [0.25, 0.3) is 0 Å². The number of halogens is 1. The molecule has 1 heterocycles.